The van der Waals surface area contributed by atoms with Gasteiger partial charge in [0, 0.05) is 36.3 Å². The summed E-state index contributed by atoms with van der Waals surface area (Å²) >= 11 is 3.65. The summed E-state index contributed by atoms with van der Waals surface area (Å²) in [6.07, 6.45) is 0.767. The Morgan fingerprint density at radius 2 is 2.22 bits per heavy atom. The Bertz CT molecular complexity index is 678. The van der Waals surface area contributed by atoms with Crippen molar-refractivity contribution in [3.05, 3.63) is 30.1 Å². The van der Waals surface area contributed by atoms with Crippen LogP contribution in [0.15, 0.2) is 24.3 Å². The van der Waals surface area contributed by atoms with Gasteiger partial charge < -0.3 is 9.88 Å². The van der Waals surface area contributed by atoms with E-state index in [4.69, 9.17) is 4.98 Å². The quantitative estimate of drug-likeness (QED) is 0.901. The summed E-state index contributed by atoms with van der Waals surface area (Å²) in [4.78, 5) is 17.0. The van der Waals surface area contributed by atoms with E-state index in [1.54, 1.807) is 11.8 Å². The molecule has 0 bridgehead atoms. The maximum atomic E-state index is 12.2. The monoisotopic (exact) mass is 349 g/mol. The van der Waals surface area contributed by atoms with E-state index in [-0.39, 0.29) is 11.2 Å². The van der Waals surface area contributed by atoms with Crippen LogP contribution in [-0.4, -0.2) is 44.5 Å². The van der Waals surface area contributed by atoms with Crippen LogP contribution in [0, 0.1) is 0 Å². The van der Waals surface area contributed by atoms with E-state index in [1.165, 1.54) is 5.52 Å². The fourth-order valence-electron chi connectivity index (χ4n) is 2.90. The number of amides is 1. The molecule has 3 rings (SSSR count). The van der Waals surface area contributed by atoms with Gasteiger partial charge in [-0.05, 0) is 26.0 Å². The molecular weight excluding hydrogens is 326 g/mol. The highest BCUT2D eigenvalue weighted by Gasteiger charge is 2.22. The van der Waals surface area contributed by atoms with Crippen molar-refractivity contribution in [3.8, 4) is 0 Å². The first kappa shape index (κ1) is 16.7. The van der Waals surface area contributed by atoms with Crippen LogP contribution in [0.2, 0.25) is 0 Å². The first-order valence-corrected chi connectivity index (χ1v) is 10.3. The van der Waals surface area contributed by atoms with Gasteiger partial charge in [-0.25, -0.2) is 4.98 Å². The second kappa shape index (κ2) is 7.62. The van der Waals surface area contributed by atoms with Gasteiger partial charge in [0.1, 0.15) is 5.82 Å². The largest absolute Gasteiger partial charge is 0.355 e. The lowest BCUT2D eigenvalue weighted by molar-refractivity contribution is -0.120. The zero-order valence-corrected chi connectivity index (χ0v) is 15.3. The normalized spacial score (nSPS) is 18.5. The lowest BCUT2D eigenvalue weighted by Gasteiger charge is -2.20. The van der Waals surface area contributed by atoms with Gasteiger partial charge in [0.2, 0.25) is 5.91 Å². The molecule has 0 spiro atoms. The Morgan fingerprint density at radius 3 is 2.96 bits per heavy atom. The molecule has 4 nitrogen and oxygen atoms in total. The Labute approximate surface area is 145 Å². The van der Waals surface area contributed by atoms with Crippen molar-refractivity contribution < 1.29 is 4.79 Å². The molecule has 6 heteroatoms. The Kier molecular flexibility index (Phi) is 5.54. The minimum atomic E-state index is 0.109. The van der Waals surface area contributed by atoms with E-state index in [0.717, 1.165) is 35.0 Å². The van der Waals surface area contributed by atoms with Crippen molar-refractivity contribution in [1.29, 1.82) is 0 Å². The molecule has 2 aromatic rings. The van der Waals surface area contributed by atoms with Crippen LogP contribution in [0.25, 0.3) is 11.0 Å². The summed E-state index contributed by atoms with van der Waals surface area (Å²) < 4.78 is 2.27. The molecule has 1 amide bonds. The van der Waals surface area contributed by atoms with E-state index in [2.05, 4.69) is 29.8 Å². The number of hydrogen-bond acceptors (Lipinski definition) is 4. The maximum absolute atomic E-state index is 12.2. The number of thioether (sulfide) groups is 2. The topological polar surface area (TPSA) is 46.9 Å². The second-order valence-electron chi connectivity index (χ2n) is 5.96. The number of nitrogens with one attached hydrogen (secondary N) is 1. The molecule has 1 aromatic carbocycles. The standard InChI is InChI=1S/C17H23N3OS2/c1-12(2)20-14-6-4-3-5-13(14)19-16(20)7-8-18-17(21)15-11-22-9-10-23-15/h3-6,12,15H,7-11H2,1-2H3,(H,18,21). The molecule has 0 radical (unpaired) electrons. The molecule has 1 N–H and O–H groups in total. The lowest BCUT2D eigenvalue weighted by atomic mass is 10.3. The smallest absolute Gasteiger partial charge is 0.233 e. The lowest BCUT2D eigenvalue weighted by Crippen LogP contribution is -2.37. The van der Waals surface area contributed by atoms with Gasteiger partial charge in [0.25, 0.3) is 0 Å². The summed E-state index contributed by atoms with van der Waals surface area (Å²) in [6, 6.07) is 8.58. The molecule has 0 saturated carbocycles. The van der Waals surface area contributed by atoms with Crippen LogP contribution in [-0.2, 0) is 11.2 Å². The SMILES string of the molecule is CC(C)n1c(CCNC(=O)C2CSCCS2)nc2ccccc21. The van der Waals surface area contributed by atoms with Crippen molar-refractivity contribution in [2.45, 2.75) is 31.6 Å². The average Bonchev–Trinajstić information content (AvgIpc) is 2.94. The molecule has 1 aliphatic rings. The summed E-state index contributed by atoms with van der Waals surface area (Å²) in [5, 5.41) is 3.19. The van der Waals surface area contributed by atoms with Gasteiger partial charge >= 0.3 is 0 Å². The minimum Gasteiger partial charge on any atom is -0.355 e. The van der Waals surface area contributed by atoms with Crippen molar-refractivity contribution >= 4 is 40.5 Å². The van der Waals surface area contributed by atoms with E-state index < -0.39 is 0 Å². The minimum absolute atomic E-state index is 0.109. The zero-order valence-electron chi connectivity index (χ0n) is 13.6. The Balaban J connectivity index is 1.65. The van der Waals surface area contributed by atoms with Crippen LogP contribution in [0.1, 0.15) is 25.7 Å². The maximum Gasteiger partial charge on any atom is 0.233 e. The number of carbonyl (C=O) groups is 1. The molecular formula is C17H23N3OS2. The second-order valence-corrected chi connectivity index (χ2v) is 8.42. The first-order valence-electron chi connectivity index (χ1n) is 8.09. The predicted molar refractivity (Wildman–Crippen MR) is 100 cm³/mol. The van der Waals surface area contributed by atoms with Crippen LogP contribution >= 0.6 is 23.5 Å². The van der Waals surface area contributed by atoms with Crippen LogP contribution < -0.4 is 5.32 Å². The number of imidazole rings is 1. The van der Waals surface area contributed by atoms with Crippen LogP contribution in [0.5, 0.6) is 0 Å². The highest BCUT2D eigenvalue weighted by atomic mass is 32.2. The highest BCUT2D eigenvalue weighted by Crippen LogP contribution is 2.24. The van der Waals surface area contributed by atoms with Crippen molar-refractivity contribution in [1.82, 2.24) is 14.9 Å². The summed E-state index contributed by atoms with van der Waals surface area (Å²) in [5.41, 5.74) is 2.20. The van der Waals surface area contributed by atoms with E-state index >= 15 is 0 Å². The Morgan fingerprint density at radius 1 is 1.39 bits per heavy atom. The van der Waals surface area contributed by atoms with Gasteiger partial charge in [-0.15, -0.1) is 11.8 Å². The van der Waals surface area contributed by atoms with Gasteiger partial charge in [0.05, 0.1) is 16.3 Å². The average molecular weight is 350 g/mol. The molecule has 0 aliphatic carbocycles. The van der Waals surface area contributed by atoms with Crippen LogP contribution in [0.4, 0.5) is 0 Å². The number of para-hydroxylation sites is 2. The van der Waals surface area contributed by atoms with Crippen LogP contribution in [0.3, 0.4) is 0 Å². The fourth-order valence-corrected chi connectivity index (χ4v) is 5.48. The number of hydrogen-bond donors (Lipinski definition) is 1. The van der Waals surface area contributed by atoms with Gasteiger partial charge in [-0.3, -0.25) is 4.79 Å². The molecule has 1 aromatic heterocycles. The van der Waals surface area contributed by atoms with E-state index in [0.29, 0.717) is 12.6 Å². The number of carbonyl (C=O) groups excluding carboxylic acids is 1. The van der Waals surface area contributed by atoms with Gasteiger partial charge in [0.15, 0.2) is 0 Å². The number of fused-ring (bicyclic) bond motifs is 1. The van der Waals surface area contributed by atoms with Gasteiger partial charge in [-0.2, -0.15) is 11.8 Å². The molecule has 23 heavy (non-hydrogen) atoms. The number of benzene rings is 1. The van der Waals surface area contributed by atoms with Crippen molar-refractivity contribution in [2.24, 2.45) is 0 Å². The summed E-state index contributed by atoms with van der Waals surface area (Å²) in [5.74, 6) is 4.39. The fraction of sp³-hybridized carbons (Fsp3) is 0.529. The molecule has 1 unspecified atom stereocenters. The summed E-state index contributed by atoms with van der Waals surface area (Å²) in [7, 11) is 0. The van der Waals surface area contributed by atoms with Gasteiger partial charge in [-0.1, -0.05) is 12.1 Å². The van der Waals surface area contributed by atoms with Crippen molar-refractivity contribution in [2.75, 3.05) is 23.8 Å². The molecule has 124 valence electrons. The third kappa shape index (κ3) is 3.86. The molecule has 1 saturated heterocycles. The molecule has 2 heterocycles. The molecule has 1 atom stereocenters. The summed E-state index contributed by atoms with van der Waals surface area (Å²) in [6.45, 7) is 4.99. The zero-order chi connectivity index (χ0) is 16.2. The number of aromatic nitrogens is 2. The highest BCUT2D eigenvalue weighted by molar-refractivity contribution is 8.07. The van der Waals surface area contributed by atoms with Crippen molar-refractivity contribution in [3.63, 3.8) is 0 Å². The Hall–Kier alpha value is -1.14. The third-order valence-corrected chi connectivity index (χ3v) is 6.70. The predicted octanol–water partition coefficient (Wildman–Crippen LogP) is 3.12. The molecule has 1 aliphatic heterocycles. The third-order valence-electron chi connectivity index (χ3n) is 3.94. The number of nitrogens with zero attached hydrogens (tertiary/aromatic N) is 2. The molecule has 1 fully saturated rings. The first-order chi connectivity index (χ1) is 11.2. The van der Waals surface area contributed by atoms with E-state index in [9.17, 15) is 4.79 Å². The number of rotatable bonds is 5. The van der Waals surface area contributed by atoms with E-state index in [1.807, 2.05) is 30.0 Å².